The molecule has 0 aliphatic heterocycles. The number of aliphatic hydroxyl groups excluding tert-OH is 1. The summed E-state index contributed by atoms with van der Waals surface area (Å²) in [5.74, 6) is 0.627. The van der Waals surface area contributed by atoms with Crippen molar-refractivity contribution in [1.82, 2.24) is 4.98 Å². The van der Waals surface area contributed by atoms with Gasteiger partial charge in [-0.1, -0.05) is 42.5 Å². The maximum atomic E-state index is 10.1. The highest BCUT2D eigenvalue weighted by Crippen LogP contribution is 2.27. The molecule has 94 valence electrons. The molecule has 1 N–H and O–H groups in total. The van der Waals surface area contributed by atoms with E-state index in [1.54, 1.807) is 12.3 Å². The van der Waals surface area contributed by atoms with Crippen LogP contribution in [0.25, 0.3) is 10.9 Å². The van der Waals surface area contributed by atoms with E-state index >= 15 is 0 Å². The van der Waals surface area contributed by atoms with E-state index < -0.39 is 6.29 Å². The Balaban J connectivity index is 1.94. The quantitative estimate of drug-likeness (QED) is 0.726. The fourth-order valence-corrected chi connectivity index (χ4v) is 1.98. The van der Waals surface area contributed by atoms with E-state index in [0.29, 0.717) is 5.75 Å². The van der Waals surface area contributed by atoms with Gasteiger partial charge in [-0.25, -0.2) is 0 Å². The first-order valence-electron chi connectivity index (χ1n) is 6.08. The van der Waals surface area contributed by atoms with Gasteiger partial charge in [0, 0.05) is 17.1 Å². The molecule has 0 fully saturated rings. The van der Waals surface area contributed by atoms with Crippen LogP contribution < -0.4 is 4.74 Å². The molecule has 0 saturated heterocycles. The lowest BCUT2D eigenvalue weighted by Gasteiger charge is -2.15. The number of ether oxygens (including phenoxy) is 1. The minimum atomic E-state index is -0.980. The van der Waals surface area contributed by atoms with Gasteiger partial charge in [-0.2, -0.15) is 0 Å². The van der Waals surface area contributed by atoms with Gasteiger partial charge in [0.05, 0.1) is 5.52 Å². The highest BCUT2D eigenvalue weighted by Gasteiger charge is 2.10. The number of para-hydroxylation sites is 1. The number of fused-ring (bicyclic) bond motifs is 1. The Morgan fingerprint density at radius 3 is 2.47 bits per heavy atom. The Kier molecular flexibility index (Phi) is 3.12. The number of nitrogens with zero attached hydrogens (tertiary/aromatic N) is 1. The Hall–Kier alpha value is -2.39. The summed E-state index contributed by atoms with van der Waals surface area (Å²) >= 11 is 0. The van der Waals surface area contributed by atoms with E-state index in [4.69, 9.17) is 4.74 Å². The van der Waals surface area contributed by atoms with Crippen molar-refractivity contribution >= 4 is 10.9 Å². The van der Waals surface area contributed by atoms with Crippen molar-refractivity contribution in [1.29, 1.82) is 0 Å². The van der Waals surface area contributed by atoms with Crippen molar-refractivity contribution in [3.63, 3.8) is 0 Å². The third-order valence-corrected chi connectivity index (χ3v) is 2.93. The van der Waals surface area contributed by atoms with Crippen LogP contribution in [-0.2, 0) is 0 Å². The van der Waals surface area contributed by atoms with Gasteiger partial charge in [-0.05, 0) is 18.2 Å². The fraction of sp³-hybridized carbons (Fsp3) is 0.0625. The lowest BCUT2D eigenvalue weighted by Crippen LogP contribution is -2.06. The van der Waals surface area contributed by atoms with E-state index in [2.05, 4.69) is 4.98 Å². The molecule has 1 atom stereocenters. The Bertz CT molecular complexity index is 677. The van der Waals surface area contributed by atoms with Crippen LogP contribution >= 0.6 is 0 Å². The van der Waals surface area contributed by atoms with E-state index in [0.717, 1.165) is 16.5 Å². The lowest BCUT2D eigenvalue weighted by molar-refractivity contribution is -0.0183. The molecule has 3 rings (SSSR count). The molecule has 0 radical (unpaired) electrons. The molecular formula is C16H13NO2. The molecule has 0 aliphatic carbocycles. The fourth-order valence-electron chi connectivity index (χ4n) is 1.98. The molecule has 0 saturated carbocycles. The number of hydrogen-bond acceptors (Lipinski definition) is 3. The smallest absolute Gasteiger partial charge is 0.224 e. The van der Waals surface area contributed by atoms with Gasteiger partial charge < -0.3 is 9.84 Å². The first kappa shape index (κ1) is 11.7. The van der Waals surface area contributed by atoms with Crippen molar-refractivity contribution in [2.45, 2.75) is 6.29 Å². The second-order valence-corrected chi connectivity index (χ2v) is 4.21. The molecule has 0 spiro atoms. The van der Waals surface area contributed by atoms with Gasteiger partial charge in [-0.3, -0.25) is 4.98 Å². The summed E-state index contributed by atoms with van der Waals surface area (Å²) in [6, 6.07) is 18.7. The van der Waals surface area contributed by atoms with Crippen LogP contribution in [0.15, 0.2) is 66.9 Å². The number of aromatic nitrogens is 1. The zero-order chi connectivity index (χ0) is 13.1. The van der Waals surface area contributed by atoms with Crippen molar-refractivity contribution < 1.29 is 9.84 Å². The molecule has 0 amide bonds. The van der Waals surface area contributed by atoms with Crippen LogP contribution in [0.1, 0.15) is 11.9 Å². The van der Waals surface area contributed by atoms with Gasteiger partial charge in [0.15, 0.2) is 0 Å². The second-order valence-electron chi connectivity index (χ2n) is 4.21. The van der Waals surface area contributed by atoms with Gasteiger partial charge in [-0.15, -0.1) is 0 Å². The summed E-state index contributed by atoms with van der Waals surface area (Å²) in [6.45, 7) is 0. The summed E-state index contributed by atoms with van der Waals surface area (Å²) in [7, 11) is 0. The van der Waals surface area contributed by atoms with Gasteiger partial charge in [0.2, 0.25) is 6.29 Å². The minimum Gasteiger partial charge on any atom is -0.460 e. The largest absolute Gasteiger partial charge is 0.460 e. The molecule has 3 aromatic rings. The number of rotatable bonds is 3. The van der Waals surface area contributed by atoms with Crippen LogP contribution in [0.2, 0.25) is 0 Å². The molecule has 2 aromatic carbocycles. The normalized spacial score (nSPS) is 12.3. The molecular weight excluding hydrogens is 238 g/mol. The molecule has 19 heavy (non-hydrogen) atoms. The van der Waals surface area contributed by atoms with Crippen LogP contribution in [0.3, 0.4) is 0 Å². The Morgan fingerprint density at radius 2 is 1.63 bits per heavy atom. The molecule has 0 aliphatic rings. The third-order valence-electron chi connectivity index (χ3n) is 2.93. The van der Waals surface area contributed by atoms with E-state index in [9.17, 15) is 5.11 Å². The van der Waals surface area contributed by atoms with Crippen molar-refractivity contribution in [3.8, 4) is 5.75 Å². The first-order chi connectivity index (χ1) is 9.34. The van der Waals surface area contributed by atoms with Crippen molar-refractivity contribution in [2.24, 2.45) is 0 Å². The van der Waals surface area contributed by atoms with Crippen LogP contribution in [-0.4, -0.2) is 10.1 Å². The summed E-state index contributed by atoms with van der Waals surface area (Å²) in [5, 5.41) is 11.0. The van der Waals surface area contributed by atoms with Crippen LogP contribution in [0.4, 0.5) is 0 Å². The third kappa shape index (κ3) is 2.41. The average molecular weight is 251 g/mol. The molecule has 1 heterocycles. The number of benzene rings is 2. The highest BCUT2D eigenvalue weighted by molar-refractivity contribution is 5.84. The van der Waals surface area contributed by atoms with Gasteiger partial charge >= 0.3 is 0 Å². The predicted molar refractivity (Wildman–Crippen MR) is 73.8 cm³/mol. The molecule has 3 heteroatoms. The maximum Gasteiger partial charge on any atom is 0.224 e. The SMILES string of the molecule is OC(Oc1ccnc2ccccc12)c1ccccc1. The number of aliphatic hydroxyl groups is 1. The summed E-state index contributed by atoms with van der Waals surface area (Å²) in [6.07, 6.45) is 0.696. The highest BCUT2D eigenvalue weighted by atomic mass is 16.6. The van der Waals surface area contributed by atoms with E-state index in [-0.39, 0.29) is 0 Å². The second kappa shape index (κ2) is 5.08. The number of pyridine rings is 1. The molecule has 0 bridgehead atoms. The predicted octanol–water partition coefficient (Wildman–Crippen LogP) is 3.30. The van der Waals surface area contributed by atoms with Crippen molar-refractivity contribution in [3.05, 3.63) is 72.4 Å². The summed E-state index contributed by atoms with van der Waals surface area (Å²) in [5.41, 5.74) is 1.57. The van der Waals surface area contributed by atoms with Crippen LogP contribution in [0.5, 0.6) is 5.75 Å². The maximum absolute atomic E-state index is 10.1. The zero-order valence-electron chi connectivity index (χ0n) is 10.2. The average Bonchev–Trinajstić information content (AvgIpc) is 2.48. The summed E-state index contributed by atoms with van der Waals surface area (Å²) < 4.78 is 5.63. The Morgan fingerprint density at radius 1 is 0.895 bits per heavy atom. The number of hydrogen-bond donors (Lipinski definition) is 1. The lowest BCUT2D eigenvalue weighted by atomic mass is 10.2. The standard InChI is InChI=1S/C16H13NO2/c18-16(12-6-2-1-3-7-12)19-15-10-11-17-14-9-5-4-8-13(14)15/h1-11,16,18H. The van der Waals surface area contributed by atoms with Crippen LogP contribution in [0, 0.1) is 0 Å². The topological polar surface area (TPSA) is 42.4 Å². The molecule has 1 aromatic heterocycles. The first-order valence-corrected chi connectivity index (χ1v) is 6.08. The summed E-state index contributed by atoms with van der Waals surface area (Å²) in [4.78, 5) is 4.26. The van der Waals surface area contributed by atoms with Gasteiger partial charge in [0.1, 0.15) is 5.75 Å². The monoisotopic (exact) mass is 251 g/mol. The van der Waals surface area contributed by atoms with E-state index in [1.165, 1.54) is 0 Å². The Labute approximate surface area is 111 Å². The van der Waals surface area contributed by atoms with Crippen molar-refractivity contribution in [2.75, 3.05) is 0 Å². The van der Waals surface area contributed by atoms with Gasteiger partial charge in [0.25, 0.3) is 0 Å². The minimum absolute atomic E-state index is 0.627. The molecule has 3 nitrogen and oxygen atoms in total. The zero-order valence-corrected chi connectivity index (χ0v) is 10.2. The molecule has 1 unspecified atom stereocenters. The van der Waals surface area contributed by atoms with E-state index in [1.807, 2.05) is 54.6 Å².